The number of unbranched alkanes of at least 4 members (excludes halogenated alkanes) is 49. The molecule has 0 saturated heterocycles. The number of allylic oxidation sites excluding steroid dienone is 6. The molecule has 0 aromatic carbocycles. The third-order valence-corrected chi connectivity index (χ3v) is 16.1. The molecule has 0 radical (unpaired) electrons. The smallest absolute Gasteiger partial charge is 0.306 e. The first-order chi connectivity index (χ1) is 39.0. The molecule has 0 amide bonds. The van der Waals surface area contributed by atoms with Crippen LogP contribution in [0.2, 0.25) is 0 Å². The SMILES string of the molecule is CCCCCCCC/C=C\CCCCCCCCCC(=O)OCC(COC(=O)CCCCCCCCCCCCCCCCC/C=C\CCCCCCCCCC)OC(=O)CCCCCCCCC/C=C\CCCCCCCC. The maximum Gasteiger partial charge on any atom is 0.306 e. The summed E-state index contributed by atoms with van der Waals surface area (Å²) in [5, 5.41) is 0. The topological polar surface area (TPSA) is 78.9 Å². The fraction of sp³-hybridized carbons (Fsp3) is 0.877. The van der Waals surface area contributed by atoms with Gasteiger partial charge in [-0.15, -0.1) is 0 Å². The zero-order valence-electron chi connectivity index (χ0n) is 53.4. The molecule has 0 spiro atoms. The summed E-state index contributed by atoms with van der Waals surface area (Å²) in [6.07, 6.45) is 84.6. The van der Waals surface area contributed by atoms with Gasteiger partial charge in [-0.2, -0.15) is 0 Å². The van der Waals surface area contributed by atoms with E-state index in [2.05, 4.69) is 57.2 Å². The highest BCUT2D eigenvalue weighted by Gasteiger charge is 2.19. The lowest BCUT2D eigenvalue weighted by Crippen LogP contribution is -2.30. The Hall–Kier alpha value is -2.37. The molecule has 0 aliphatic rings. The molecule has 0 aliphatic carbocycles. The van der Waals surface area contributed by atoms with Crippen LogP contribution in [0.15, 0.2) is 36.5 Å². The Kier molecular flexibility index (Phi) is 66.1. The first-order valence-electron chi connectivity index (χ1n) is 35.5. The van der Waals surface area contributed by atoms with Gasteiger partial charge in [0.15, 0.2) is 6.10 Å². The van der Waals surface area contributed by atoms with Crippen molar-refractivity contribution in [3.63, 3.8) is 0 Å². The Morgan fingerprint density at radius 3 is 0.633 bits per heavy atom. The second-order valence-corrected chi connectivity index (χ2v) is 24.1. The van der Waals surface area contributed by atoms with E-state index in [4.69, 9.17) is 14.2 Å². The molecule has 6 heteroatoms. The third-order valence-electron chi connectivity index (χ3n) is 16.1. The zero-order chi connectivity index (χ0) is 57.1. The minimum absolute atomic E-state index is 0.0711. The largest absolute Gasteiger partial charge is 0.462 e. The molecule has 0 aromatic heterocycles. The van der Waals surface area contributed by atoms with E-state index in [1.807, 2.05) is 0 Å². The fourth-order valence-electron chi connectivity index (χ4n) is 10.7. The van der Waals surface area contributed by atoms with Crippen LogP contribution in [-0.4, -0.2) is 37.2 Å². The molecule has 0 bridgehead atoms. The summed E-state index contributed by atoms with van der Waals surface area (Å²) in [5.74, 6) is -0.852. The molecule has 1 unspecified atom stereocenters. The van der Waals surface area contributed by atoms with E-state index in [1.165, 1.54) is 295 Å². The van der Waals surface area contributed by atoms with Crippen LogP contribution < -0.4 is 0 Å². The summed E-state index contributed by atoms with van der Waals surface area (Å²) in [6.45, 7) is 6.69. The highest BCUT2D eigenvalue weighted by Crippen LogP contribution is 2.18. The molecule has 0 N–H and O–H groups in total. The van der Waals surface area contributed by atoms with E-state index in [0.717, 1.165) is 57.8 Å². The standard InChI is InChI=1S/C73H136O6/c1-4-7-10-13-16-19-22-25-28-31-32-33-34-35-36-37-38-39-40-43-45-48-51-54-57-60-63-66-72(75)78-69-70(79-73(76)67-64-61-58-55-52-49-46-42-30-27-24-21-18-15-12-9-6-3)68-77-71(74)65-62-59-56-53-50-47-44-41-29-26-23-20-17-14-11-8-5-2/h26-27,29-32,70H,4-25,28,33-69H2,1-3H3/b29-26-,30-27-,32-31-. The second kappa shape index (κ2) is 68.1. The minimum Gasteiger partial charge on any atom is -0.462 e. The lowest BCUT2D eigenvalue weighted by Gasteiger charge is -2.18. The summed E-state index contributed by atoms with van der Waals surface area (Å²) in [7, 11) is 0. The van der Waals surface area contributed by atoms with Gasteiger partial charge in [0.1, 0.15) is 13.2 Å². The molecule has 6 nitrogen and oxygen atoms in total. The Labute approximate surface area is 493 Å². The van der Waals surface area contributed by atoms with Crippen LogP contribution in [0.4, 0.5) is 0 Å². The minimum atomic E-state index is -0.776. The van der Waals surface area contributed by atoms with E-state index in [-0.39, 0.29) is 31.1 Å². The van der Waals surface area contributed by atoms with Gasteiger partial charge in [0.05, 0.1) is 0 Å². The maximum atomic E-state index is 12.9. The second-order valence-electron chi connectivity index (χ2n) is 24.1. The van der Waals surface area contributed by atoms with Crippen molar-refractivity contribution in [3.8, 4) is 0 Å². The van der Waals surface area contributed by atoms with E-state index in [0.29, 0.717) is 19.3 Å². The number of hydrogen-bond acceptors (Lipinski definition) is 6. The number of carbonyl (C=O) groups is 3. The van der Waals surface area contributed by atoms with E-state index in [1.54, 1.807) is 0 Å². The maximum absolute atomic E-state index is 12.9. The molecule has 0 aliphatic heterocycles. The molecule has 0 saturated carbocycles. The normalized spacial score (nSPS) is 12.2. The van der Waals surface area contributed by atoms with Crippen LogP contribution in [0.5, 0.6) is 0 Å². The first-order valence-corrected chi connectivity index (χ1v) is 35.5. The van der Waals surface area contributed by atoms with Gasteiger partial charge in [0.25, 0.3) is 0 Å². The van der Waals surface area contributed by atoms with Crippen molar-refractivity contribution in [1.29, 1.82) is 0 Å². The van der Waals surface area contributed by atoms with Crippen molar-refractivity contribution in [2.75, 3.05) is 13.2 Å². The van der Waals surface area contributed by atoms with Crippen LogP contribution in [0.25, 0.3) is 0 Å². The number of ether oxygens (including phenoxy) is 3. The van der Waals surface area contributed by atoms with Crippen molar-refractivity contribution in [3.05, 3.63) is 36.5 Å². The summed E-state index contributed by atoms with van der Waals surface area (Å²) >= 11 is 0. The van der Waals surface area contributed by atoms with Crippen LogP contribution >= 0.6 is 0 Å². The summed E-state index contributed by atoms with van der Waals surface area (Å²) in [5.41, 5.74) is 0. The Balaban J connectivity index is 4.25. The number of rotatable bonds is 66. The average molecular weight is 1110 g/mol. The number of carbonyl (C=O) groups excluding carboxylic acids is 3. The molecule has 0 rings (SSSR count). The van der Waals surface area contributed by atoms with Gasteiger partial charge in [-0.05, 0) is 96.3 Å². The summed E-state index contributed by atoms with van der Waals surface area (Å²) in [6, 6.07) is 0. The van der Waals surface area contributed by atoms with Gasteiger partial charge >= 0.3 is 17.9 Å². The molecule has 0 heterocycles. The van der Waals surface area contributed by atoms with Crippen molar-refractivity contribution < 1.29 is 28.6 Å². The molecule has 0 fully saturated rings. The highest BCUT2D eigenvalue weighted by molar-refractivity contribution is 5.71. The average Bonchev–Trinajstić information content (AvgIpc) is 3.45. The van der Waals surface area contributed by atoms with Gasteiger partial charge in [0.2, 0.25) is 0 Å². The van der Waals surface area contributed by atoms with Crippen LogP contribution in [0.3, 0.4) is 0 Å². The van der Waals surface area contributed by atoms with E-state index < -0.39 is 6.10 Å². The quantitative estimate of drug-likeness (QED) is 0.0261. The molecule has 79 heavy (non-hydrogen) atoms. The van der Waals surface area contributed by atoms with Crippen molar-refractivity contribution in [2.24, 2.45) is 0 Å². The molecule has 0 aromatic rings. The monoisotopic (exact) mass is 1110 g/mol. The van der Waals surface area contributed by atoms with Gasteiger partial charge in [0, 0.05) is 19.3 Å². The zero-order valence-corrected chi connectivity index (χ0v) is 53.4. The predicted molar refractivity (Wildman–Crippen MR) is 344 cm³/mol. The molecule has 464 valence electrons. The lowest BCUT2D eigenvalue weighted by molar-refractivity contribution is -0.167. The fourth-order valence-corrected chi connectivity index (χ4v) is 10.7. The van der Waals surface area contributed by atoms with Gasteiger partial charge in [-0.1, -0.05) is 314 Å². The van der Waals surface area contributed by atoms with Crippen LogP contribution in [0.1, 0.15) is 393 Å². The molecule has 1 atom stereocenters. The summed E-state index contributed by atoms with van der Waals surface area (Å²) < 4.78 is 17.0. The molecular formula is C73H136O6. The lowest BCUT2D eigenvalue weighted by atomic mass is 10.0. The third kappa shape index (κ3) is 66.3. The van der Waals surface area contributed by atoms with Gasteiger partial charge < -0.3 is 14.2 Å². The predicted octanol–water partition coefficient (Wildman–Crippen LogP) is 24.3. The van der Waals surface area contributed by atoms with Crippen molar-refractivity contribution in [1.82, 2.24) is 0 Å². The van der Waals surface area contributed by atoms with Gasteiger partial charge in [-0.3, -0.25) is 14.4 Å². The molecular weight excluding hydrogens is 973 g/mol. The van der Waals surface area contributed by atoms with Crippen LogP contribution in [0, 0.1) is 0 Å². The van der Waals surface area contributed by atoms with E-state index >= 15 is 0 Å². The van der Waals surface area contributed by atoms with Gasteiger partial charge in [-0.25, -0.2) is 0 Å². The number of hydrogen-bond donors (Lipinski definition) is 0. The Morgan fingerprint density at radius 1 is 0.241 bits per heavy atom. The Morgan fingerprint density at radius 2 is 0.418 bits per heavy atom. The van der Waals surface area contributed by atoms with Crippen molar-refractivity contribution >= 4 is 17.9 Å². The number of esters is 3. The van der Waals surface area contributed by atoms with E-state index in [9.17, 15) is 14.4 Å². The van der Waals surface area contributed by atoms with Crippen LogP contribution in [-0.2, 0) is 28.6 Å². The first kappa shape index (κ1) is 76.6. The Bertz CT molecular complexity index is 1320. The summed E-state index contributed by atoms with van der Waals surface area (Å²) in [4.78, 5) is 38.4. The highest BCUT2D eigenvalue weighted by atomic mass is 16.6. The van der Waals surface area contributed by atoms with Crippen molar-refractivity contribution in [2.45, 2.75) is 399 Å².